The molecule has 0 saturated carbocycles. The van der Waals surface area contributed by atoms with Gasteiger partial charge in [-0.1, -0.05) is 25.5 Å². The van der Waals surface area contributed by atoms with E-state index in [4.69, 9.17) is 10.00 Å². The lowest BCUT2D eigenvalue weighted by atomic mass is 10.1. The summed E-state index contributed by atoms with van der Waals surface area (Å²) in [5, 5.41) is 9.74. The monoisotopic (exact) mass is 494 g/mol. The van der Waals surface area contributed by atoms with Crippen LogP contribution >= 0.6 is 11.3 Å². The van der Waals surface area contributed by atoms with Crippen molar-refractivity contribution in [2.24, 2.45) is 0 Å². The van der Waals surface area contributed by atoms with Crippen LogP contribution in [-0.4, -0.2) is 19.7 Å². The number of thiazole rings is 1. The molecule has 0 aliphatic carbocycles. The standard InChI is InChI=1S/C23H21F3N2O3S2/c1-3-4-5-19-20(14-31-18-11-8-16(13-27)21(12-18)33(2,29)30)32-22(28-19)15-6-9-17(10-7-15)23(24,25)26/h6-12H,3-5,14H2,1-2H3. The van der Waals surface area contributed by atoms with Gasteiger partial charge in [-0.15, -0.1) is 11.3 Å². The van der Waals surface area contributed by atoms with E-state index in [0.29, 0.717) is 22.7 Å². The number of nitriles is 1. The predicted octanol–water partition coefficient (Wildman–Crippen LogP) is 6.03. The van der Waals surface area contributed by atoms with Crippen molar-refractivity contribution in [3.05, 3.63) is 64.2 Å². The number of rotatable bonds is 8. The van der Waals surface area contributed by atoms with Gasteiger partial charge in [-0.3, -0.25) is 0 Å². The molecule has 2 aromatic carbocycles. The van der Waals surface area contributed by atoms with Gasteiger partial charge in [-0.25, -0.2) is 13.4 Å². The molecular formula is C23H21F3N2O3S2. The third-order valence-corrected chi connectivity index (χ3v) is 7.10. The Morgan fingerprint density at radius 2 is 1.85 bits per heavy atom. The van der Waals surface area contributed by atoms with Crippen molar-refractivity contribution in [1.29, 1.82) is 5.26 Å². The molecule has 1 heterocycles. The lowest BCUT2D eigenvalue weighted by Gasteiger charge is -2.09. The predicted molar refractivity (Wildman–Crippen MR) is 120 cm³/mol. The minimum absolute atomic E-state index is 0.0378. The summed E-state index contributed by atoms with van der Waals surface area (Å²) in [4.78, 5) is 5.33. The van der Waals surface area contributed by atoms with E-state index < -0.39 is 21.6 Å². The van der Waals surface area contributed by atoms with Gasteiger partial charge in [0.1, 0.15) is 23.4 Å². The molecular weight excluding hydrogens is 473 g/mol. The average Bonchev–Trinajstić information content (AvgIpc) is 3.18. The number of nitrogens with zero attached hydrogens (tertiary/aromatic N) is 2. The Hall–Kier alpha value is -2.90. The van der Waals surface area contributed by atoms with Crippen LogP contribution in [0.5, 0.6) is 5.75 Å². The Bertz CT molecular complexity index is 1280. The fourth-order valence-electron chi connectivity index (χ4n) is 3.10. The van der Waals surface area contributed by atoms with Gasteiger partial charge in [0.2, 0.25) is 0 Å². The van der Waals surface area contributed by atoms with Crippen LogP contribution in [0.15, 0.2) is 47.4 Å². The third kappa shape index (κ3) is 6.12. The zero-order valence-electron chi connectivity index (χ0n) is 17.9. The lowest BCUT2D eigenvalue weighted by molar-refractivity contribution is -0.137. The van der Waals surface area contributed by atoms with E-state index in [1.165, 1.54) is 41.7 Å². The summed E-state index contributed by atoms with van der Waals surface area (Å²) in [6.07, 6.45) is -0.860. The summed E-state index contributed by atoms with van der Waals surface area (Å²) < 4.78 is 68.3. The molecule has 0 spiro atoms. The SMILES string of the molecule is CCCCc1nc(-c2ccc(C(F)(F)F)cc2)sc1COc1ccc(C#N)c(S(C)(=O)=O)c1. The van der Waals surface area contributed by atoms with Crippen molar-refractivity contribution in [3.8, 4) is 22.4 Å². The van der Waals surface area contributed by atoms with Gasteiger partial charge in [0, 0.05) is 17.9 Å². The van der Waals surface area contributed by atoms with Crippen LogP contribution in [0.25, 0.3) is 10.6 Å². The molecule has 0 fully saturated rings. The number of benzene rings is 2. The van der Waals surface area contributed by atoms with Crippen molar-refractivity contribution in [1.82, 2.24) is 4.98 Å². The number of ether oxygens (including phenoxy) is 1. The number of aromatic nitrogens is 1. The van der Waals surface area contributed by atoms with Crippen LogP contribution in [0.3, 0.4) is 0 Å². The van der Waals surface area contributed by atoms with Gasteiger partial charge in [-0.2, -0.15) is 18.4 Å². The number of hydrogen-bond acceptors (Lipinski definition) is 6. The van der Waals surface area contributed by atoms with Crippen LogP contribution < -0.4 is 4.74 Å². The van der Waals surface area contributed by atoms with Gasteiger partial charge < -0.3 is 4.74 Å². The van der Waals surface area contributed by atoms with Gasteiger partial charge in [-0.05, 0) is 37.1 Å². The molecule has 0 bridgehead atoms. The summed E-state index contributed by atoms with van der Waals surface area (Å²) in [6, 6.07) is 10.9. The molecule has 0 saturated heterocycles. The van der Waals surface area contributed by atoms with Gasteiger partial charge >= 0.3 is 6.18 Å². The fourth-order valence-corrected chi connectivity index (χ4v) is 4.97. The normalized spacial score (nSPS) is 11.9. The fraction of sp³-hybridized carbons (Fsp3) is 0.304. The maximum Gasteiger partial charge on any atom is 0.416 e. The van der Waals surface area contributed by atoms with Crippen LogP contribution in [0.1, 0.15) is 41.5 Å². The maximum absolute atomic E-state index is 12.9. The van der Waals surface area contributed by atoms with E-state index in [-0.39, 0.29) is 17.1 Å². The summed E-state index contributed by atoms with van der Waals surface area (Å²) in [5.74, 6) is 0.292. The van der Waals surface area contributed by atoms with E-state index in [9.17, 15) is 21.6 Å². The second-order valence-corrected chi connectivity index (χ2v) is 10.5. The summed E-state index contributed by atoms with van der Waals surface area (Å²) in [7, 11) is -3.61. The number of halogens is 3. The van der Waals surface area contributed by atoms with Crippen molar-refractivity contribution in [2.75, 3.05) is 6.26 Å². The van der Waals surface area contributed by atoms with Crippen molar-refractivity contribution in [2.45, 2.75) is 43.9 Å². The summed E-state index contributed by atoms with van der Waals surface area (Å²) in [5.41, 5.74) is 0.694. The van der Waals surface area contributed by atoms with Gasteiger partial charge in [0.05, 0.1) is 26.6 Å². The minimum atomic E-state index is -4.40. The first-order chi connectivity index (χ1) is 15.5. The number of hydrogen-bond donors (Lipinski definition) is 0. The van der Waals surface area contributed by atoms with E-state index in [0.717, 1.165) is 41.8 Å². The second-order valence-electron chi connectivity index (χ2n) is 7.40. The Balaban J connectivity index is 1.87. The molecule has 3 aromatic rings. The van der Waals surface area contributed by atoms with E-state index in [2.05, 4.69) is 4.98 Å². The highest BCUT2D eigenvalue weighted by Gasteiger charge is 2.30. The Labute approximate surface area is 194 Å². The Kier molecular flexibility index (Phi) is 7.44. The highest BCUT2D eigenvalue weighted by Crippen LogP contribution is 2.34. The Morgan fingerprint density at radius 3 is 2.42 bits per heavy atom. The quantitative estimate of drug-likeness (QED) is 0.382. The molecule has 0 aliphatic rings. The van der Waals surface area contributed by atoms with E-state index >= 15 is 0 Å². The molecule has 5 nitrogen and oxygen atoms in total. The summed E-state index contributed by atoms with van der Waals surface area (Å²) in [6.45, 7) is 2.16. The molecule has 0 radical (unpaired) electrons. The zero-order valence-corrected chi connectivity index (χ0v) is 19.6. The average molecular weight is 495 g/mol. The molecule has 33 heavy (non-hydrogen) atoms. The number of alkyl halides is 3. The molecule has 0 atom stereocenters. The zero-order chi connectivity index (χ0) is 24.2. The first-order valence-electron chi connectivity index (χ1n) is 10.1. The highest BCUT2D eigenvalue weighted by molar-refractivity contribution is 7.90. The molecule has 174 valence electrons. The van der Waals surface area contributed by atoms with Crippen molar-refractivity contribution < 1.29 is 26.3 Å². The molecule has 0 aliphatic heterocycles. The molecule has 10 heteroatoms. The van der Waals surface area contributed by atoms with Crippen molar-refractivity contribution >= 4 is 21.2 Å². The summed E-state index contributed by atoms with van der Waals surface area (Å²) >= 11 is 1.33. The first kappa shape index (κ1) is 24.7. The topological polar surface area (TPSA) is 80.0 Å². The van der Waals surface area contributed by atoms with Crippen LogP contribution in [0, 0.1) is 11.3 Å². The molecule has 0 amide bonds. The third-order valence-electron chi connectivity index (χ3n) is 4.85. The van der Waals surface area contributed by atoms with Crippen LogP contribution in [0.4, 0.5) is 13.2 Å². The number of aryl methyl sites for hydroxylation is 1. The van der Waals surface area contributed by atoms with Crippen molar-refractivity contribution in [3.63, 3.8) is 0 Å². The molecule has 3 rings (SSSR count). The smallest absolute Gasteiger partial charge is 0.416 e. The second kappa shape index (κ2) is 9.93. The highest BCUT2D eigenvalue weighted by atomic mass is 32.2. The first-order valence-corrected chi connectivity index (χ1v) is 12.8. The maximum atomic E-state index is 12.9. The Morgan fingerprint density at radius 1 is 1.15 bits per heavy atom. The van der Waals surface area contributed by atoms with E-state index in [1.54, 1.807) is 0 Å². The number of unbranched alkanes of at least 4 members (excludes halogenated alkanes) is 1. The van der Waals surface area contributed by atoms with Gasteiger partial charge in [0.25, 0.3) is 0 Å². The van der Waals surface area contributed by atoms with E-state index in [1.807, 2.05) is 13.0 Å². The number of sulfone groups is 1. The molecule has 0 N–H and O–H groups in total. The van der Waals surface area contributed by atoms with Gasteiger partial charge in [0.15, 0.2) is 9.84 Å². The molecule has 1 aromatic heterocycles. The van der Waals surface area contributed by atoms with Crippen LogP contribution in [0.2, 0.25) is 0 Å². The van der Waals surface area contributed by atoms with Crippen LogP contribution in [-0.2, 0) is 29.0 Å². The molecule has 0 unspecified atom stereocenters. The minimum Gasteiger partial charge on any atom is -0.488 e. The lowest BCUT2D eigenvalue weighted by Crippen LogP contribution is -2.03. The largest absolute Gasteiger partial charge is 0.488 e.